The van der Waals surface area contributed by atoms with Crippen LogP contribution in [0.15, 0.2) is 18.2 Å². The summed E-state index contributed by atoms with van der Waals surface area (Å²) in [5.41, 5.74) is 0.663. The highest BCUT2D eigenvalue weighted by atomic mass is 32.2. The largest absolute Gasteiger partial charge is 0.487 e. The third-order valence-corrected chi connectivity index (χ3v) is 2.95. The van der Waals surface area contributed by atoms with Gasteiger partial charge in [-0.15, -0.1) is 0 Å². The Hall–Kier alpha value is -1.63. The van der Waals surface area contributed by atoms with Crippen molar-refractivity contribution in [1.82, 2.24) is 0 Å². The van der Waals surface area contributed by atoms with Crippen LogP contribution in [0.25, 0.3) is 0 Å². The number of nitro groups is 1. The summed E-state index contributed by atoms with van der Waals surface area (Å²) in [7, 11) is -0.862. The lowest BCUT2D eigenvalue weighted by molar-refractivity contribution is -0.385. The van der Waals surface area contributed by atoms with Crippen LogP contribution in [0.3, 0.4) is 0 Å². The van der Waals surface area contributed by atoms with Crippen LogP contribution in [0.1, 0.15) is 6.92 Å². The van der Waals surface area contributed by atoms with Gasteiger partial charge in [0.1, 0.15) is 0 Å². The van der Waals surface area contributed by atoms with Crippen LogP contribution in [-0.2, 0) is 10.8 Å². The monoisotopic (exact) mass is 272 g/mol. The van der Waals surface area contributed by atoms with Crippen LogP contribution in [0.2, 0.25) is 0 Å². The van der Waals surface area contributed by atoms with E-state index in [0.29, 0.717) is 18.9 Å². The van der Waals surface area contributed by atoms with Gasteiger partial charge in [0.15, 0.2) is 5.75 Å². The Morgan fingerprint density at radius 3 is 2.78 bits per heavy atom. The van der Waals surface area contributed by atoms with Gasteiger partial charge in [0, 0.05) is 47.2 Å². The number of nitrogens with one attached hydrogen (secondary N) is 1. The van der Waals surface area contributed by atoms with E-state index in [1.54, 1.807) is 25.3 Å². The molecule has 1 N–H and O–H groups in total. The molecule has 0 aliphatic carbocycles. The van der Waals surface area contributed by atoms with Gasteiger partial charge in [0.05, 0.1) is 11.5 Å². The molecule has 0 amide bonds. The number of hydrogen-bond donors (Lipinski definition) is 1. The lowest BCUT2D eigenvalue weighted by Gasteiger charge is -2.08. The van der Waals surface area contributed by atoms with Crippen molar-refractivity contribution in [2.45, 2.75) is 6.92 Å². The molecule has 0 aliphatic rings. The number of ether oxygens (including phenoxy) is 1. The van der Waals surface area contributed by atoms with Gasteiger partial charge in [-0.3, -0.25) is 14.3 Å². The lowest BCUT2D eigenvalue weighted by Crippen LogP contribution is -2.10. The molecule has 0 saturated carbocycles. The van der Waals surface area contributed by atoms with Gasteiger partial charge < -0.3 is 10.1 Å². The zero-order valence-electron chi connectivity index (χ0n) is 10.3. The molecule has 0 fully saturated rings. The molecule has 0 bridgehead atoms. The molecule has 1 atom stereocenters. The number of nitrogens with zero attached hydrogens (tertiary/aromatic N) is 1. The van der Waals surface area contributed by atoms with Crippen LogP contribution < -0.4 is 10.1 Å². The van der Waals surface area contributed by atoms with E-state index >= 15 is 0 Å². The van der Waals surface area contributed by atoms with Crippen LogP contribution in [-0.4, -0.2) is 34.3 Å². The molecule has 0 spiro atoms. The summed E-state index contributed by atoms with van der Waals surface area (Å²) in [5.74, 6) is 0.770. The number of rotatable bonds is 7. The third kappa shape index (κ3) is 4.33. The predicted octanol–water partition coefficient (Wildman–Crippen LogP) is 1.78. The minimum Gasteiger partial charge on any atom is -0.487 e. The number of benzene rings is 1. The van der Waals surface area contributed by atoms with E-state index in [-0.39, 0.29) is 11.4 Å². The molecule has 1 unspecified atom stereocenters. The second kappa shape index (κ2) is 6.95. The first-order chi connectivity index (χ1) is 8.54. The number of anilines is 1. The second-order valence-corrected chi connectivity index (χ2v) is 5.13. The smallest absolute Gasteiger partial charge is 0.311 e. The average molecular weight is 272 g/mol. The van der Waals surface area contributed by atoms with E-state index < -0.39 is 15.7 Å². The molecule has 0 aliphatic heterocycles. The maximum atomic E-state index is 10.9. The third-order valence-electron chi connectivity index (χ3n) is 2.17. The van der Waals surface area contributed by atoms with Crippen molar-refractivity contribution < 1.29 is 13.9 Å². The molecule has 100 valence electrons. The Bertz CT molecular complexity index is 451. The Morgan fingerprint density at radius 1 is 1.50 bits per heavy atom. The van der Waals surface area contributed by atoms with E-state index in [1.165, 1.54) is 6.07 Å². The van der Waals surface area contributed by atoms with Crippen molar-refractivity contribution in [3.63, 3.8) is 0 Å². The van der Waals surface area contributed by atoms with E-state index in [4.69, 9.17) is 4.74 Å². The summed E-state index contributed by atoms with van der Waals surface area (Å²) < 4.78 is 16.1. The van der Waals surface area contributed by atoms with Crippen LogP contribution in [0.5, 0.6) is 5.75 Å². The van der Waals surface area contributed by atoms with Gasteiger partial charge in [0.25, 0.3) is 0 Å². The molecule has 1 aromatic rings. The van der Waals surface area contributed by atoms with Crippen LogP contribution in [0, 0.1) is 10.1 Å². The maximum Gasteiger partial charge on any atom is 0.311 e. The van der Waals surface area contributed by atoms with Gasteiger partial charge in [0.2, 0.25) is 0 Å². The molecule has 0 aromatic heterocycles. The SMILES string of the molecule is CCOc1cc(NCCS(C)=O)ccc1[N+](=O)[O-]. The minimum absolute atomic E-state index is 0.0542. The minimum atomic E-state index is -0.862. The summed E-state index contributed by atoms with van der Waals surface area (Å²) in [6, 6.07) is 4.59. The molecule has 0 saturated heterocycles. The standard InChI is InChI=1S/C11H16N2O4S/c1-3-17-11-8-9(12-6-7-18(2)16)4-5-10(11)13(14)15/h4-5,8,12H,3,6-7H2,1-2H3. The predicted molar refractivity (Wildman–Crippen MR) is 71.7 cm³/mol. The van der Waals surface area contributed by atoms with E-state index in [2.05, 4.69) is 5.32 Å². The lowest BCUT2D eigenvalue weighted by atomic mass is 10.2. The highest BCUT2D eigenvalue weighted by molar-refractivity contribution is 7.84. The van der Waals surface area contributed by atoms with E-state index in [0.717, 1.165) is 5.69 Å². The van der Waals surface area contributed by atoms with Crippen molar-refractivity contribution in [1.29, 1.82) is 0 Å². The highest BCUT2D eigenvalue weighted by Gasteiger charge is 2.15. The fraction of sp³-hybridized carbons (Fsp3) is 0.455. The van der Waals surface area contributed by atoms with Crippen molar-refractivity contribution in [3.05, 3.63) is 28.3 Å². The first-order valence-corrected chi connectivity index (χ1v) is 7.22. The Balaban J connectivity index is 2.79. The van der Waals surface area contributed by atoms with Crippen molar-refractivity contribution in [3.8, 4) is 5.75 Å². The van der Waals surface area contributed by atoms with E-state index in [9.17, 15) is 14.3 Å². The summed E-state index contributed by atoms with van der Waals surface area (Å²) in [6.07, 6.45) is 1.63. The highest BCUT2D eigenvalue weighted by Crippen LogP contribution is 2.29. The molecule has 0 radical (unpaired) electrons. The van der Waals surface area contributed by atoms with Gasteiger partial charge in [-0.1, -0.05) is 0 Å². The first-order valence-electron chi connectivity index (χ1n) is 5.49. The van der Waals surface area contributed by atoms with Crippen LogP contribution in [0.4, 0.5) is 11.4 Å². The number of nitro benzene ring substituents is 1. The number of hydrogen-bond acceptors (Lipinski definition) is 5. The summed E-state index contributed by atoms with van der Waals surface area (Å²) in [5, 5.41) is 13.8. The molecule has 1 rings (SSSR count). The molecule has 18 heavy (non-hydrogen) atoms. The topological polar surface area (TPSA) is 81.5 Å². The molecule has 0 heterocycles. The average Bonchev–Trinajstić information content (AvgIpc) is 2.29. The zero-order chi connectivity index (χ0) is 13.5. The van der Waals surface area contributed by atoms with Gasteiger partial charge in [-0.25, -0.2) is 0 Å². The van der Waals surface area contributed by atoms with Gasteiger partial charge in [-0.05, 0) is 13.0 Å². The molecular weight excluding hydrogens is 256 g/mol. The van der Waals surface area contributed by atoms with Crippen molar-refractivity contribution in [2.75, 3.05) is 30.5 Å². The fourth-order valence-electron chi connectivity index (χ4n) is 1.39. The quantitative estimate of drug-likeness (QED) is 0.604. The molecule has 1 aromatic carbocycles. The fourth-order valence-corrected chi connectivity index (χ4v) is 1.77. The first kappa shape index (κ1) is 14.4. The normalized spacial score (nSPS) is 11.9. The molecule has 7 heteroatoms. The van der Waals surface area contributed by atoms with Crippen LogP contribution >= 0.6 is 0 Å². The van der Waals surface area contributed by atoms with E-state index in [1.807, 2.05) is 0 Å². The van der Waals surface area contributed by atoms with Gasteiger partial charge in [-0.2, -0.15) is 0 Å². The molecular formula is C11H16N2O4S. The molecule has 6 nitrogen and oxygen atoms in total. The van der Waals surface area contributed by atoms with Crippen molar-refractivity contribution in [2.24, 2.45) is 0 Å². The zero-order valence-corrected chi connectivity index (χ0v) is 11.2. The Morgan fingerprint density at radius 2 is 2.22 bits per heavy atom. The second-order valence-electron chi connectivity index (χ2n) is 3.58. The summed E-state index contributed by atoms with van der Waals surface area (Å²) in [4.78, 5) is 10.3. The maximum absolute atomic E-state index is 10.9. The van der Waals surface area contributed by atoms with Gasteiger partial charge >= 0.3 is 5.69 Å². The summed E-state index contributed by atoms with van der Waals surface area (Å²) >= 11 is 0. The summed E-state index contributed by atoms with van der Waals surface area (Å²) in [6.45, 7) is 2.68. The Kier molecular flexibility index (Phi) is 5.57. The Labute approximate surface area is 108 Å². The van der Waals surface area contributed by atoms with Crippen molar-refractivity contribution >= 4 is 22.2 Å².